The van der Waals surface area contributed by atoms with Crippen LogP contribution in [0.5, 0.6) is 0 Å². The summed E-state index contributed by atoms with van der Waals surface area (Å²) in [6.07, 6.45) is 6.90. The van der Waals surface area contributed by atoms with Crippen LogP contribution in [0, 0.1) is 0 Å². The van der Waals surface area contributed by atoms with Crippen molar-refractivity contribution in [3.8, 4) is 0 Å². The third-order valence-corrected chi connectivity index (χ3v) is 6.66. The number of carbonyl (C=O) groups is 1. The van der Waals surface area contributed by atoms with Gasteiger partial charge in [0.2, 0.25) is 5.91 Å². The minimum atomic E-state index is -3.59. The summed E-state index contributed by atoms with van der Waals surface area (Å²) in [5.74, 6) is 0.114. The Kier molecular flexibility index (Phi) is 3.76. The molecule has 122 valence electrons. The molecule has 3 heterocycles. The first-order valence-corrected chi connectivity index (χ1v) is 9.04. The molecule has 0 aliphatic carbocycles. The Labute approximate surface area is 131 Å². The summed E-state index contributed by atoms with van der Waals surface area (Å²) < 4.78 is 28.6. The number of sulfonamides is 1. The molecule has 1 spiro atoms. The maximum absolute atomic E-state index is 12.8. The van der Waals surface area contributed by atoms with Crippen molar-refractivity contribution in [1.82, 2.24) is 18.8 Å². The van der Waals surface area contributed by atoms with E-state index in [4.69, 9.17) is 0 Å². The fraction of sp³-hybridized carbons (Fsp3) is 0.714. The van der Waals surface area contributed by atoms with Crippen LogP contribution in [-0.2, 0) is 21.9 Å². The highest BCUT2D eigenvalue weighted by molar-refractivity contribution is 7.89. The minimum absolute atomic E-state index is 0.0804. The highest BCUT2D eigenvalue weighted by Crippen LogP contribution is 2.37. The molecule has 1 aromatic rings. The van der Waals surface area contributed by atoms with Crippen LogP contribution in [0.25, 0.3) is 0 Å². The summed E-state index contributed by atoms with van der Waals surface area (Å²) in [6, 6.07) is 0. The largest absolute Gasteiger partial charge is 0.339 e. The molecule has 7 nitrogen and oxygen atoms in total. The molecule has 2 aliphatic heterocycles. The molecular weight excluding hydrogens is 304 g/mol. The van der Waals surface area contributed by atoms with E-state index in [2.05, 4.69) is 4.98 Å². The number of aromatic nitrogens is 2. The van der Waals surface area contributed by atoms with Crippen LogP contribution in [0.3, 0.4) is 0 Å². The number of nitrogens with zero attached hydrogens (tertiary/aromatic N) is 4. The maximum Gasteiger partial charge on any atom is 0.262 e. The monoisotopic (exact) mass is 326 g/mol. The molecule has 0 N–H and O–H groups in total. The summed E-state index contributed by atoms with van der Waals surface area (Å²) in [4.78, 5) is 17.8. The lowest BCUT2D eigenvalue weighted by molar-refractivity contribution is -0.141. The topological polar surface area (TPSA) is 75.5 Å². The van der Waals surface area contributed by atoms with Gasteiger partial charge in [0, 0.05) is 39.8 Å². The average molecular weight is 326 g/mol. The second-order valence-electron chi connectivity index (χ2n) is 6.35. The zero-order valence-corrected chi connectivity index (χ0v) is 13.8. The molecule has 1 aromatic heterocycles. The van der Waals surface area contributed by atoms with Crippen molar-refractivity contribution in [2.24, 2.45) is 7.05 Å². The number of amides is 1. The molecule has 2 fully saturated rings. The number of hydrogen-bond donors (Lipinski definition) is 0. The first-order chi connectivity index (χ1) is 10.3. The van der Waals surface area contributed by atoms with Gasteiger partial charge in [-0.05, 0) is 25.7 Å². The number of likely N-dealkylation sites (N-methyl/N-ethyl adjacent to an activating group) is 1. The zero-order chi connectivity index (χ0) is 16.0. The Morgan fingerprint density at radius 2 is 1.95 bits per heavy atom. The maximum atomic E-state index is 12.8. The number of likely N-dealkylation sites (tertiary alicyclic amines) is 1. The Morgan fingerprint density at radius 3 is 2.64 bits per heavy atom. The molecule has 8 heteroatoms. The lowest BCUT2D eigenvalue weighted by atomic mass is 9.81. The quantitative estimate of drug-likeness (QED) is 0.797. The third kappa shape index (κ3) is 2.44. The van der Waals surface area contributed by atoms with Gasteiger partial charge in [0.25, 0.3) is 10.0 Å². The van der Waals surface area contributed by atoms with Gasteiger partial charge in [-0.2, -0.15) is 4.31 Å². The van der Waals surface area contributed by atoms with Gasteiger partial charge in [0.1, 0.15) is 0 Å². The van der Waals surface area contributed by atoms with Crippen molar-refractivity contribution < 1.29 is 13.2 Å². The van der Waals surface area contributed by atoms with Crippen molar-refractivity contribution in [1.29, 1.82) is 0 Å². The fourth-order valence-corrected chi connectivity index (χ4v) is 5.10. The van der Waals surface area contributed by atoms with Gasteiger partial charge < -0.3 is 9.47 Å². The Hall–Kier alpha value is -1.41. The van der Waals surface area contributed by atoms with Gasteiger partial charge in [-0.1, -0.05) is 0 Å². The van der Waals surface area contributed by atoms with Crippen LogP contribution in [-0.4, -0.2) is 58.8 Å². The van der Waals surface area contributed by atoms with Crippen molar-refractivity contribution in [2.75, 3.05) is 20.1 Å². The molecule has 0 bridgehead atoms. The van der Waals surface area contributed by atoms with Crippen LogP contribution in [0.15, 0.2) is 17.6 Å². The van der Waals surface area contributed by atoms with Gasteiger partial charge in [0.05, 0.1) is 11.9 Å². The van der Waals surface area contributed by atoms with Crippen LogP contribution < -0.4 is 0 Å². The first-order valence-electron chi connectivity index (χ1n) is 7.60. The average Bonchev–Trinajstić information content (AvgIpc) is 2.92. The molecule has 0 radical (unpaired) electrons. The van der Waals surface area contributed by atoms with E-state index in [9.17, 15) is 13.2 Å². The molecule has 0 aromatic carbocycles. The summed E-state index contributed by atoms with van der Waals surface area (Å²) in [7, 11) is -0.0428. The van der Waals surface area contributed by atoms with Crippen molar-refractivity contribution in [2.45, 2.75) is 42.7 Å². The number of piperidine rings is 2. The first kappa shape index (κ1) is 15.5. The lowest BCUT2D eigenvalue weighted by Gasteiger charge is -2.50. The van der Waals surface area contributed by atoms with Gasteiger partial charge in [-0.25, -0.2) is 13.4 Å². The molecular formula is C14H22N4O3S. The van der Waals surface area contributed by atoms with Gasteiger partial charge in [-0.3, -0.25) is 4.79 Å². The van der Waals surface area contributed by atoms with Crippen molar-refractivity contribution in [3.63, 3.8) is 0 Å². The molecule has 1 amide bonds. The van der Waals surface area contributed by atoms with E-state index < -0.39 is 10.0 Å². The Balaban J connectivity index is 1.88. The second kappa shape index (κ2) is 5.34. The summed E-state index contributed by atoms with van der Waals surface area (Å²) in [5, 5.41) is 0.0804. The molecule has 22 heavy (non-hydrogen) atoms. The van der Waals surface area contributed by atoms with Gasteiger partial charge in [-0.15, -0.1) is 0 Å². The van der Waals surface area contributed by atoms with Crippen LogP contribution in [0.4, 0.5) is 0 Å². The minimum Gasteiger partial charge on any atom is -0.339 e. The highest BCUT2D eigenvalue weighted by atomic mass is 32.2. The van der Waals surface area contributed by atoms with Gasteiger partial charge >= 0.3 is 0 Å². The van der Waals surface area contributed by atoms with E-state index in [1.165, 1.54) is 16.8 Å². The SMILES string of the molecule is CN1C(=O)CCC[C@]12CCCN(S(=O)(=O)c1cn(C)cn1)C2. The molecule has 1 atom stereocenters. The Morgan fingerprint density at radius 1 is 1.23 bits per heavy atom. The predicted molar refractivity (Wildman–Crippen MR) is 80.6 cm³/mol. The standard InChI is InChI=1S/C14H22N4O3S/c1-16-9-12(15-11-16)22(20,21)18-8-4-7-14(10-18)6-3-5-13(19)17(14)2/h9,11H,3-8,10H2,1-2H3/t14-/m1/s1. The van der Waals surface area contributed by atoms with E-state index in [1.54, 1.807) is 23.6 Å². The zero-order valence-electron chi connectivity index (χ0n) is 13.0. The summed E-state index contributed by atoms with van der Waals surface area (Å²) >= 11 is 0. The number of carbonyl (C=O) groups excluding carboxylic acids is 1. The van der Waals surface area contributed by atoms with Crippen molar-refractivity contribution >= 4 is 15.9 Å². The predicted octanol–water partition coefficient (Wildman–Crippen LogP) is 0.586. The van der Waals surface area contributed by atoms with Crippen molar-refractivity contribution in [3.05, 3.63) is 12.5 Å². The third-order valence-electron chi connectivity index (χ3n) is 4.92. The normalized spacial score (nSPS) is 27.5. The molecule has 2 aliphatic rings. The highest BCUT2D eigenvalue weighted by Gasteiger charge is 2.46. The molecule has 0 unspecified atom stereocenters. The lowest BCUT2D eigenvalue weighted by Crippen LogP contribution is -2.61. The van der Waals surface area contributed by atoms with Crippen LogP contribution in [0.1, 0.15) is 32.1 Å². The number of aryl methyl sites for hydroxylation is 1. The molecule has 0 saturated carbocycles. The number of rotatable bonds is 2. The molecule has 2 saturated heterocycles. The van der Waals surface area contributed by atoms with E-state index in [1.807, 2.05) is 0 Å². The van der Waals surface area contributed by atoms with E-state index in [0.717, 1.165) is 25.7 Å². The van der Waals surface area contributed by atoms with Gasteiger partial charge in [0.15, 0.2) is 5.03 Å². The summed E-state index contributed by atoms with van der Waals surface area (Å²) in [5.41, 5.74) is -0.352. The van der Waals surface area contributed by atoms with Crippen LogP contribution >= 0.6 is 0 Å². The molecule has 3 rings (SSSR count). The summed E-state index contributed by atoms with van der Waals surface area (Å²) in [6.45, 7) is 0.858. The number of imidazole rings is 1. The smallest absolute Gasteiger partial charge is 0.262 e. The van der Waals surface area contributed by atoms with E-state index in [0.29, 0.717) is 19.5 Å². The number of hydrogen-bond acceptors (Lipinski definition) is 4. The second-order valence-corrected chi connectivity index (χ2v) is 8.23. The van der Waals surface area contributed by atoms with E-state index >= 15 is 0 Å². The Bertz CT molecular complexity index is 680. The van der Waals surface area contributed by atoms with Crippen LogP contribution in [0.2, 0.25) is 0 Å². The van der Waals surface area contributed by atoms with E-state index in [-0.39, 0.29) is 16.5 Å². The fourth-order valence-electron chi connectivity index (χ4n) is 3.58.